The van der Waals surface area contributed by atoms with E-state index in [1.807, 2.05) is 18.2 Å². The first-order valence-electron chi connectivity index (χ1n) is 4.72. The van der Waals surface area contributed by atoms with Crippen molar-refractivity contribution < 1.29 is 4.39 Å². The molecule has 0 aliphatic rings. The van der Waals surface area contributed by atoms with Gasteiger partial charge in [0.1, 0.15) is 5.82 Å². The van der Waals surface area contributed by atoms with Crippen LogP contribution in [0.5, 0.6) is 0 Å². The third kappa shape index (κ3) is 2.67. The van der Waals surface area contributed by atoms with Crippen molar-refractivity contribution in [2.24, 2.45) is 0 Å². The molecule has 1 aromatic carbocycles. The van der Waals surface area contributed by atoms with Crippen LogP contribution in [0.25, 0.3) is 0 Å². The molecule has 4 heteroatoms. The van der Waals surface area contributed by atoms with Crippen molar-refractivity contribution in [2.75, 3.05) is 4.72 Å². The molecule has 0 saturated carbocycles. The highest BCUT2D eigenvalue weighted by Crippen LogP contribution is 2.25. The minimum Gasteiger partial charge on any atom is -0.332 e. The number of benzene rings is 1. The number of hydrogen-bond acceptors (Lipinski definition) is 2. The first-order valence-corrected chi connectivity index (χ1v) is 6.11. The smallest absolute Gasteiger partial charge is 0.125 e. The quantitative estimate of drug-likeness (QED) is 0.824. The maximum Gasteiger partial charge on any atom is 0.125 e. The molecule has 1 atom stereocenters. The van der Waals surface area contributed by atoms with Gasteiger partial charge in [-0.3, -0.25) is 4.98 Å². The van der Waals surface area contributed by atoms with Crippen LogP contribution in [0.1, 0.15) is 0 Å². The first-order chi connectivity index (χ1) is 7.75. The lowest BCUT2D eigenvalue weighted by atomic mass is 10.3. The van der Waals surface area contributed by atoms with E-state index in [1.54, 1.807) is 18.5 Å². The van der Waals surface area contributed by atoms with Gasteiger partial charge in [-0.15, -0.1) is 0 Å². The average Bonchev–Trinajstić information content (AvgIpc) is 2.30. The Labute approximate surface area is 96.2 Å². The highest BCUT2D eigenvalue weighted by Gasteiger charge is 1.98. The second kappa shape index (κ2) is 4.90. The fraction of sp³-hybridized carbons (Fsp3) is 0. The zero-order valence-electron chi connectivity index (χ0n) is 8.56. The predicted molar refractivity (Wildman–Crippen MR) is 67.2 cm³/mol. The van der Waals surface area contributed by atoms with Crippen molar-refractivity contribution >= 4 is 22.2 Å². The average molecular weight is 234 g/mol. The van der Waals surface area contributed by atoms with Gasteiger partial charge in [-0.2, -0.15) is 0 Å². The summed E-state index contributed by atoms with van der Waals surface area (Å²) in [5, 5.41) is 0. The molecule has 0 aliphatic carbocycles. The molecule has 0 amide bonds. The third-order valence-electron chi connectivity index (χ3n) is 1.98. The van der Waals surface area contributed by atoms with E-state index < -0.39 is 10.7 Å². The summed E-state index contributed by atoms with van der Waals surface area (Å²) in [7, 11) is -0.422. The Kier molecular flexibility index (Phi) is 3.31. The van der Waals surface area contributed by atoms with Gasteiger partial charge in [0.25, 0.3) is 0 Å². The number of anilines is 1. The van der Waals surface area contributed by atoms with Gasteiger partial charge < -0.3 is 4.72 Å². The lowest BCUT2D eigenvalue weighted by molar-refractivity contribution is 0.628. The van der Waals surface area contributed by atoms with Crippen molar-refractivity contribution in [2.45, 2.75) is 4.90 Å². The summed E-state index contributed by atoms with van der Waals surface area (Å²) >= 11 is 0. The van der Waals surface area contributed by atoms with Crippen LogP contribution in [0.2, 0.25) is 0 Å². The summed E-state index contributed by atoms with van der Waals surface area (Å²) in [5.74, 6) is 3.73. The fourth-order valence-electron chi connectivity index (χ4n) is 1.25. The Morgan fingerprint density at radius 3 is 2.81 bits per heavy atom. The molecule has 0 fully saturated rings. The Morgan fingerprint density at radius 2 is 2.12 bits per heavy atom. The summed E-state index contributed by atoms with van der Waals surface area (Å²) in [6.07, 6.45) is 3.46. The predicted octanol–water partition coefficient (Wildman–Crippen LogP) is 3.31. The van der Waals surface area contributed by atoms with Crippen LogP contribution < -0.4 is 4.72 Å². The molecule has 2 rings (SSSR count). The number of pyridine rings is 1. The molecule has 1 unspecified atom stereocenters. The van der Waals surface area contributed by atoms with Crippen LogP contribution in [-0.4, -0.2) is 10.9 Å². The molecule has 0 aliphatic heterocycles. The molecule has 1 heterocycles. The fourth-order valence-corrected chi connectivity index (χ4v) is 2.21. The van der Waals surface area contributed by atoms with Crippen LogP contribution in [0, 0.1) is 5.82 Å². The van der Waals surface area contributed by atoms with Crippen LogP contribution in [0.3, 0.4) is 0 Å². The van der Waals surface area contributed by atoms with Gasteiger partial charge in [0.15, 0.2) is 0 Å². The van der Waals surface area contributed by atoms with Gasteiger partial charge in [-0.1, -0.05) is 22.6 Å². The summed E-state index contributed by atoms with van der Waals surface area (Å²) in [6.45, 7) is 0. The second-order valence-electron chi connectivity index (χ2n) is 3.19. The minimum atomic E-state index is -0.422. The Bertz CT molecular complexity index is 499. The SMILES string of the molecule is C=S(Nc1cccc(F)c1)c1cccnc1. The normalized spacial score (nSPS) is 12.1. The van der Waals surface area contributed by atoms with Gasteiger partial charge in [0.2, 0.25) is 0 Å². The van der Waals surface area contributed by atoms with Crippen LogP contribution in [0.4, 0.5) is 10.1 Å². The number of hydrogen-bond donors (Lipinski definition) is 1. The van der Waals surface area contributed by atoms with Crippen molar-refractivity contribution in [3.63, 3.8) is 0 Å². The minimum absolute atomic E-state index is 0.256. The second-order valence-corrected chi connectivity index (χ2v) is 4.65. The summed E-state index contributed by atoms with van der Waals surface area (Å²) in [4.78, 5) is 5.01. The van der Waals surface area contributed by atoms with Gasteiger partial charge >= 0.3 is 0 Å². The molecule has 16 heavy (non-hydrogen) atoms. The van der Waals surface area contributed by atoms with Gasteiger partial charge in [-0.25, -0.2) is 4.39 Å². The number of halogens is 1. The van der Waals surface area contributed by atoms with E-state index in [9.17, 15) is 4.39 Å². The van der Waals surface area contributed by atoms with Crippen molar-refractivity contribution in [1.82, 2.24) is 4.98 Å². The lowest BCUT2D eigenvalue weighted by Gasteiger charge is -2.10. The van der Waals surface area contributed by atoms with Crippen molar-refractivity contribution in [3.8, 4) is 0 Å². The van der Waals surface area contributed by atoms with Crippen molar-refractivity contribution in [1.29, 1.82) is 0 Å². The Balaban J connectivity index is 2.14. The van der Waals surface area contributed by atoms with E-state index >= 15 is 0 Å². The van der Waals surface area contributed by atoms with E-state index in [-0.39, 0.29) is 5.82 Å². The molecular weight excluding hydrogens is 223 g/mol. The molecule has 0 spiro atoms. The number of nitrogens with one attached hydrogen (secondary N) is 1. The van der Waals surface area contributed by atoms with E-state index in [2.05, 4.69) is 15.6 Å². The summed E-state index contributed by atoms with van der Waals surface area (Å²) in [6, 6.07) is 10.1. The summed E-state index contributed by atoms with van der Waals surface area (Å²) < 4.78 is 16.1. The van der Waals surface area contributed by atoms with Crippen LogP contribution in [0.15, 0.2) is 53.7 Å². The largest absolute Gasteiger partial charge is 0.332 e. The van der Waals surface area contributed by atoms with Gasteiger partial charge in [-0.05, 0) is 30.3 Å². The molecule has 0 saturated heterocycles. The lowest BCUT2D eigenvalue weighted by Crippen LogP contribution is -1.91. The highest BCUT2D eigenvalue weighted by molar-refractivity contribution is 8.15. The monoisotopic (exact) mass is 234 g/mol. The maximum absolute atomic E-state index is 13.0. The van der Waals surface area contributed by atoms with Gasteiger partial charge in [0.05, 0.1) is 0 Å². The number of rotatable bonds is 3. The topological polar surface area (TPSA) is 24.9 Å². The summed E-state index contributed by atoms with van der Waals surface area (Å²) in [5.41, 5.74) is 0.724. The first kappa shape index (κ1) is 10.8. The molecule has 2 nitrogen and oxygen atoms in total. The standard InChI is InChI=1S/C12H11FN2S/c1-16(12-6-3-7-14-9-12)15-11-5-2-4-10(13)8-11/h2-9,15H,1H2. The van der Waals surface area contributed by atoms with Crippen LogP contribution in [-0.2, 0) is 0 Å². The van der Waals surface area contributed by atoms with Crippen LogP contribution >= 0.6 is 10.7 Å². The Hall–Kier alpha value is -1.68. The van der Waals surface area contributed by atoms with E-state index in [1.165, 1.54) is 12.1 Å². The molecule has 0 bridgehead atoms. The zero-order valence-corrected chi connectivity index (χ0v) is 9.38. The Morgan fingerprint density at radius 1 is 1.25 bits per heavy atom. The number of aromatic nitrogens is 1. The van der Waals surface area contributed by atoms with E-state index in [0.717, 1.165) is 10.6 Å². The molecule has 2 aromatic rings. The number of nitrogens with zero attached hydrogens (tertiary/aromatic N) is 1. The molecule has 82 valence electrons. The van der Waals surface area contributed by atoms with Crippen molar-refractivity contribution in [3.05, 3.63) is 54.6 Å². The maximum atomic E-state index is 13.0. The van der Waals surface area contributed by atoms with E-state index in [4.69, 9.17) is 0 Å². The molecular formula is C12H11FN2S. The highest BCUT2D eigenvalue weighted by atomic mass is 32.2. The molecule has 1 aromatic heterocycles. The molecule has 0 radical (unpaired) electrons. The zero-order chi connectivity index (χ0) is 11.4. The van der Waals surface area contributed by atoms with E-state index in [0.29, 0.717) is 0 Å². The van der Waals surface area contributed by atoms with Gasteiger partial charge in [0, 0.05) is 23.0 Å². The third-order valence-corrected chi connectivity index (χ3v) is 3.28. The molecule has 1 N–H and O–H groups in total.